The van der Waals surface area contributed by atoms with Crippen molar-refractivity contribution in [3.8, 4) is 0 Å². The molecule has 0 saturated heterocycles. The van der Waals surface area contributed by atoms with Crippen molar-refractivity contribution in [2.45, 2.75) is 19.3 Å². The Kier molecular flexibility index (Phi) is 2.11. The predicted octanol–water partition coefficient (Wildman–Crippen LogP) is 1.32. The number of Topliss-reactive ketones (excluding diaryl/α,β-unsaturated/α-hetero) is 1. The predicted molar refractivity (Wildman–Crippen MR) is 49.4 cm³/mol. The second-order valence-corrected chi connectivity index (χ2v) is 3.33. The van der Waals surface area contributed by atoms with Crippen molar-refractivity contribution < 1.29 is 14.3 Å². The molecule has 1 aromatic rings. The number of aromatic nitrogens is 1. The Morgan fingerprint density at radius 3 is 3.00 bits per heavy atom. The van der Waals surface area contributed by atoms with E-state index in [1.165, 1.54) is 7.11 Å². The highest BCUT2D eigenvalue weighted by Gasteiger charge is 2.26. The largest absolute Gasteiger partial charge is 0.464 e. The van der Waals surface area contributed by atoms with Crippen LogP contribution in [0.5, 0.6) is 0 Å². The number of H-pyrrole nitrogens is 1. The molecule has 0 spiro atoms. The van der Waals surface area contributed by atoms with E-state index >= 15 is 0 Å². The third-order valence-corrected chi connectivity index (χ3v) is 2.48. The summed E-state index contributed by atoms with van der Waals surface area (Å²) >= 11 is 0. The fraction of sp³-hybridized carbons (Fsp3) is 0.400. The number of hydrogen-bond acceptors (Lipinski definition) is 3. The minimum absolute atomic E-state index is 0.0351. The van der Waals surface area contributed by atoms with Gasteiger partial charge in [0.25, 0.3) is 0 Å². The summed E-state index contributed by atoms with van der Waals surface area (Å²) in [6.45, 7) is 0. The van der Waals surface area contributed by atoms with Crippen LogP contribution in [0.1, 0.15) is 39.3 Å². The van der Waals surface area contributed by atoms with Gasteiger partial charge in [-0.05, 0) is 18.4 Å². The van der Waals surface area contributed by atoms with Crippen LogP contribution in [0.15, 0.2) is 6.20 Å². The maximum Gasteiger partial charge on any atom is 0.355 e. The summed E-state index contributed by atoms with van der Waals surface area (Å²) in [5.41, 5.74) is 1.76. The lowest BCUT2D eigenvalue weighted by molar-refractivity contribution is 0.0590. The molecule has 0 atom stereocenters. The van der Waals surface area contributed by atoms with Crippen LogP contribution in [-0.4, -0.2) is 23.8 Å². The average molecular weight is 193 g/mol. The molecule has 1 N–H and O–H groups in total. The first kappa shape index (κ1) is 8.99. The zero-order chi connectivity index (χ0) is 10.1. The standard InChI is InChI=1S/C10H11NO3/c1-14-10(13)9-8-6(5-11-9)3-2-4-7(8)12/h5,11H,2-4H2,1H3. The first-order chi connectivity index (χ1) is 6.74. The molecular weight excluding hydrogens is 182 g/mol. The van der Waals surface area contributed by atoms with E-state index < -0.39 is 5.97 Å². The first-order valence-electron chi connectivity index (χ1n) is 4.56. The number of methoxy groups -OCH3 is 1. The van der Waals surface area contributed by atoms with Crippen molar-refractivity contribution in [2.24, 2.45) is 0 Å². The molecule has 74 valence electrons. The minimum atomic E-state index is -0.471. The molecule has 0 aliphatic heterocycles. The SMILES string of the molecule is COC(=O)c1[nH]cc2c1C(=O)CCC2. The zero-order valence-electron chi connectivity index (χ0n) is 7.92. The Bertz CT molecular complexity index is 392. The molecule has 1 aromatic heterocycles. The number of nitrogens with one attached hydrogen (secondary N) is 1. The van der Waals surface area contributed by atoms with Gasteiger partial charge in [0.15, 0.2) is 5.78 Å². The number of ether oxygens (including phenoxy) is 1. The highest BCUT2D eigenvalue weighted by molar-refractivity contribution is 6.07. The Morgan fingerprint density at radius 1 is 1.50 bits per heavy atom. The third-order valence-electron chi connectivity index (χ3n) is 2.48. The molecule has 14 heavy (non-hydrogen) atoms. The number of carbonyl (C=O) groups is 2. The van der Waals surface area contributed by atoms with E-state index in [0.717, 1.165) is 18.4 Å². The van der Waals surface area contributed by atoms with Crippen molar-refractivity contribution in [3.05, 3.63) is 23.0 Å². The van der Waals surface area contributed by atoms with Gasteiger partial charge in [-0.25, -0.2) is 4.79 Å². The zero-order valence-corrected chi connectivity index (χ0v) is 7.92. The van der Waals surface area contributed by atoms with Crippen LogP contribution in [0.3, 0.4) is 0 Å². The van der Waals surface area contributed by atoms with Gasteiger partial charge in [-0.1, -0.05) is 0 Å². The van der Waals surface area contributed by atoms with E-state index in [9.17, 15) is 9.59 Å². The lowest BCUT2D eigenvalue weighted by Gasteiger charge is -2.10. The number of ketones is 1. The number of carbonyl (C=O) groups excluding carboxylic acids is 2. The minimum Gasteiger partial charge on any atom is -0.464 e. The summed E-state index contributed by atoms with van der Waals surface area (Å²) in [6.07, 6.45) is 3.96. The van der Waals surface area contributed by atoms with Crippen molar-refractivity contribution in [1.82, 2.24) is 4.98 Å². The molecule has 0 unspecified atom stereocenters. The Hall–Kier alpha value is -1.58. The number of aryl methyl sites for hydroxylation is 1. The van der Waals surface area contributed by atoms with Gasteiger partial charge < -0.3 is 9.72 Å². The van der Waals surface area contributed by atoms with E-state index in [1.54, 1.807) is 6.20 Å². The molecule has 1 aliphatic carbocycles. The van der Waals surface area contributed by atoms with Crippen LogP contribution >= 0.6 is 0 Å². The molecule has 1 heterocycles. The molecule has 0 bridgehead atoms. The smallest absolute Gasteiger partial charge is 0.355 e. The summed E-state index contributed by atoms with van der Waals surface area (Å²) in [6, 6.07) is 0. The van der Waals surface area contributed by atoms with Crippen molar-refractivity contribution in [3.63, 3.8) is 0 Å². The highest BCUT2D eigenvalue weighted by Crippen LogP contribution is 2.24. The maximum atomic E-state index is 11.6. The molecule has 0 radical (unpaired) electrons. The normalized spacial score (nSPS) is 15.1. The highest BCUT2D eigenvalue weighted by atomic mass is 16.5. The molecule has 4 nitrogen and oxygen atoms in total. The van der Waals surface area contributed by atoms with Gasteiger partial charge >= 0.3 is 5.97 Å². The van der Waals surface area contributed by atoms with Crippen LogP contribution in [0.25, 0.3) is 0 Å². The molecule has 2 rings (SSSR count). The van der Waals surface area contributed by atoms with Crippen LogP contribution in [-0.2, 0) is 11.2 Å². The molecule has 0 saturated carbocycles. The van der Waals surface area contributed by atoms with Crippen LogP contribution in [0.4, 0.5) is 0 Å². The summed E-state index contributed by atoms with van der Waals surface area (Å²) in [7, 11) is 1.31. The lowest BCUT2D eigenvalue weighted by atomic mass is 9.92. The molecule has 1 aliphatic rings. The fourth-order valence-electron chi connectivity index (χ4n) is 1.81. The molecule has 4 heteroatoms. The number of hydrogen-bond donors (Lipinski definition) is 1. The summed E-state index contributed by atoms with van der Waals surface area (Å²) < 4.78 is 4.59. The van der Waals surface area contributed by atoms with E-state index in [4.69, 9.17) is 0 Å². The lowest BCUT2D eigenvalue weighted by Crippen LogP contribution is -2.14. The van der Waals surface area contributed by atoms with Gasteiger partial charge in [0, 0.05) is 12.6 Å². The second-order valence-electron chi connectivity index (χ2n) is 3.33. The fourth-order valence-corrected chi connectivity index (χ4v) is 1.81. The van der Waals surface area contributed by atoms with Gasteiger partial charge in [0.05, 0.1) is 12.7 Å². The maximum absolute atomic E-state index is 11.6. The number of fused-ring (bicyclic) bond motifs is 1. The van der Waals surface area contributed by atoms with Crippen molar-refractivity contribution >= 4 is 11.8 Å². The summed E-state index contributed by atoms with van der Waals surface area (Å²) in [5.74, 6) is -0.436. The molecule has 0 fully saturated rings. The van der Waals surface area contributed by atoms with Gasteiger partial charge in [-0.3, -0.25) is 4.79 Å². The van der Waals surface area contributed by atoms with Crippen molar-refractivity contribution in [1.29, 1.82) is 0 Å². The van der Waals surface area contributed by atoms with Crippen molar-refractivity contribution in [2.75, 3.05) is 7.11 Å². The van der Waals surface area contributed by atoms with Crippen LogP contribution < -0.4 is 0 Å². The topological polar surface area (TPSA) is 59.2 Å². The van der Waals surface area contributed by atoms with E-state index in [2.05, 4.69) is 9.72 Å². The third kappa shape index (κ3) is 1.23. The number of esters is 1. The monoisotopic (exact) mass is 193 g/mol. The first-order valence-corrected chi connectivity index (χ1v) is 4.56. The van der Waals surface area contributed by atoms with E-state index in [1.807, 2.05) is 0 Å². The Morgan fingerprint density at radius 2 is 2.29 bits per heavy atom. The second kappa shape index (κ2) is 3.29. The van der Waals surface area contributed by atoms with Gasteiger partial charge in [-0.15, -0.1) is 0 Å². The Balaban J connectivity index is 2.48. The quantitative estimate of drug-likeness (QED) is 0.684. The van der Waals surface area contributed by atoms with Crippen LogP contribution in [0.2, 0.25) is 0 Å². The van der Waals surface area contributed by atoms with E-state index in [-0.39, 0.29) is 5.78 Å². The number of rotatable bonds is 1. The van der Waals surface area contributed by atoms with Gasteiger partial charge in [0.1, 0.15) is 5.69 Å². The summed E-state index contributed by atoms with van der Waals surface area (Å²) in [4.78, 5) is 25.6. The molecular formula is C10H11NO3. The van der Waals surface area contributed by atoms with Gasteiger partial charge in [-0.2, -0.15) is 0 Å². The van der Waals surface area contributed by atoms with E-state index in [0.29, 0.717) is 17.7 Å². The molecule has 0 aromatic carbocycles. The molecule has 0 amide bonds. The average Bonchev–Trinajstić information content (AvgIpc) is 2.62. The van der Waals surface area contributed by atoms with Gasteiger partial charge in [0.2, 0.25) is 0 Å². The Labute approximate surface area is 81.3 Å². The number of aromatic amines is 1. The van der Waals surface area contributed by atoms with Crippen LogP contribution in [0, 0.1) is 0 Å². The summed E-state index contributed by atoms with van der Waals surface area (Å²) in [5, 5.41) is 0.